The van der Waals surface area contributed by atoms with Gasteiger partial charge in [-0.25, -0.2) is 0 Å². The minimum Gasteiger partial charge on any atom is -0.381 e. The van der Waals surface area contributed by atoms with Gasteiger partial charge >= 0.3 is 0 Å². The van der Waals surface area contributed by atoms with Crippen molar-refractivity contribution in [1.82, 2.24) is 9.80 Å². The third-order valence-corrected chi connectivity index (χ3v) is 6.39. The molecular weight excluding hydrogens is 312 g/mol. The van der Waals surface area contributed by atoms with Gasteiger partial charge in [0, 0.05) is 31.9 Å². The van der Waals surface area contributed by atoms with E-state index in [2.05, 4.69) is 11.9 Å². The van der Waals surface area contributed by atoms with Crippen molar-refractivity contribution in [3.8, 4) is 0 Å². The highest BCUT2D eigenvalue weighted by atomic mass is 16.5. The molecule has 0 aromatic heterocycles. The number of carbonyl (C=O) groups is 1. The molecule has 3 fully saturated rings. The maximum absolute atomic E-state index is 12.8. The number of carbonyl (C=O) groups excluding carboxylic acids is 1. The lowest BCUT2D eigenvalue weighted by Crippen LogP contribution is -2.72. The average molecular weight is 342 g/mol. The first-order valence-electron chi connectivity index (χ1n) is 9.71. The molecule has 1 unspecified atom stereocenters. The van der Waals surface area contributed by atoms with Gasteiger partial charge in [0.05, 0.1) is 5.54 Å². The van der Waals surface area contributed by atoms with E-state index in [4.69, 9.17) is 4.74 Å². The topological polar surface area (TPSA) is 32.8 Å². The van der Waals surface area contributed by atoms with E-state index in [1.165, 1.54) is 19.3 Å². The molecule has 2 heterocycles. The van der Waals surface area contributed by atoms with E-state index in [-0.39, 0.29) is 11.4 Å². The number of nitrogens with zero attached hydrogens (tertiary/aromatic N) is 2. The molecule has 136 valence electrons. The maximum Gasteiger partial charge on any atom is 0.254 e. The summed E-state index contributed by atoms with van der Waals surface area (Å²) in [5.74, 6) is 1.67. The third-order valence-electron chi connectivity index (χ3n) is 6.39. The Morgan fingerprint density at radius 2 is 1.88 bits per heavy atom. The number of likely N-dealkylation sites (tertiary alicyclic amines) is 2. The van der Waals surface area contributed by atoms with Crippen LogP contribution in [0.15, 0.2) is 24.3 Å². The Balaban J connectivity index is 1.34. The number of likely N-dealkylation sites (N-methyl/N-ethyl adjacent to an activating group) is 1. The number of aryl methyl sites for hydroxylation is 1. The molecule has 2 aliphatic heterocycles. The maximum atomic E-state index is 12.8. The smallest absolute Gasteiger partial charge is 0.254 e. The minimum atomic E-state index is 0.171. The van der Waals surface area contributed by atoms with Gasteiger partial charge in [-0.3, -0.25) is 9.69 Å². The molecule has 1 saturated carbocycles. The van der Waals surface area contributed by atoms with Crippen LogP contribution in [0.25, 0.3) is 0 Å². The molecule has 0 bridgehead atoms. The molecule has 1 atom stereocenters. The first kappa shape index (κ1) is 17.0. The summed E-state index contributed by atoms with van der Waals surface area (Å²) < 4.78 is 5.95. The van der Waals surface area contributed by atoms with Crippen molar-refractivity contribution >= 4 is 5.91 Å². The lowest BCUT2D eigenvalue weighted by molar-refractivity contribution is -0.0761. The molecule has 1 aliphatic carbocycles. The molecule has 1 aromatic carbocycles. The van der Waals surface area contributed by atoms with Gasteiger partial charge in [-0.1, -0.05) is 18.2 Å². The number of amides is 1. The van der Waals surface area contributed by atoms with Crippen molar-refractivity contribution in [2.45, 2.75) is 38.1 Å². The Bertz CT molecular complexity index is 635. The highest BCUT2D eigenvalue weighted by Gasteiger charge is 2.51. The zero-order valence-electron chi connectivity index (χ0n) is 15.5. The normalized spacial score (nSPS) is 25.8. The zero-order chi connectivity index (χ0) is 17.4. The Morgan fingerprint density at radius 1 is 1.16 bits per heavy atom. The molecule has 25 heavy (non-hydrogen) atoms. The van der Waals surface area contributed by atoms with Crippen LogP contribution in [0.3, 0.4) is 0 Å². The van der Waals surface area contributed by atoms with E-state index in [1.54, 1.807) is 0 Å². The largest absolute Gasteiger partial charge is 0.381 e. The molecular formula is C21H30N2O2. The molecule has 4 rings (SSSR count). The van der Waals surface area contributed by atoms with Crippen LogP contribution in [0.2, 0.25) is 0 Å². The van der Waals surface area contributed by atoms with Gasteiger partial charge in [0.1, 0.15) is 0 Å². The highest BCUT2D eigenvalue weighted by Crippen LogP contribution is 2.39. The minimum absolute atomic E-state index is 0.171. The zero-order valence-corrected chi connectivity index (χ0v) is 15.5. The summed E-state index contributed by atoms with van der Waals surface area (Å²) >= 11 is 0. The van der Waals surface area contributed by atoms with Gasteiger partial charge in [-0.05, 0) is 69.7 Å². The number of rotatable bonds is 5. The number of piperidine rings is 1. The van der Waals surface area contributed by atoms with E-state index in [0.29, 0.717) is 5.92 Å². The van der Waals surface area contributed by atoms with Crippen LogP contribution in [0, 0.1) is 18.8 Å². The van der Waals surface area contributed by atoms with Gasteiger partial charge < -0.3 is 9.64 Å². The first-order chi connectivity index (χ1) is 12.1. The van der Waals surface area contributed by atoms with Crippen LogP contribution < -0.4 is 0 Å². The lowest BCUT2D eigenvalue weighted by atomic mass is 9.75. The second-order valence-corrected chi connectivity index (χ2v) is 8.46. The van der Waals surface area contributed by atoms with Crippen LogP contribution in [-0.4, -0.2) is 61.1 Å². The first-order valence-corrected chi connectivity index (χ1v) is 9.71. The second kappa shape index (κ2) is 6.73. The fourth-order valence-corrected chi connectivity index (χ4v) is 4.40. The predicted octanol–water partition coefficient (Wildman–Crippen LogP) is 2.96. The van der Waals surface area contributed by atoms with Crippen molar-refractivity contribution in [3.05, 3.63) is 35.4 Å². The van der Waals surface area contributed by atoms with Crippen LogP contribution in [0.5, 0.6) is 0 Å². The van der Waals surface area contributed by atoms with Crippen LogP contribution >= 0.6 is 0 Å². The Kier molecular flexibility index (Phi) is 4.59. The van der Waals surface area contributed by atoms with Crippen molar-refractivity contribution in [3.63, 3.8) is 0 Å². The van der Waals surface area contributed by atoms with Crippen LogP contribution in [-0.2, 0) is 4.74 Å². The van der Waals surface area contributed by atoms with Crippen molar-refractivity contribution < 1.29 is 9.53 Å². The Hall–Kier alpha value is -1.39. The fraction of sp³-hybridized carbons (Fsp3) is 0.667. The predicted molar refractivity (Wildman–Crippen MR) is 98.7 cm³/mol. The van der Waals surface area contributed by atoms with Gasteiger partial charge in [-0.15, -0.1) is 0 Å². The Morgan fingerprint density at radius 3 is 2.60 bits per heavy atom. The van der Waals surface area contributed by atoms with E-state index in [9.17, 15) is 4.79 Å². The molecule has 1 spiro atoms. The monoisotopic (exact) mass is 342 g/mol. The molecule has 4 nitrogen and oxygen atoms in total. The molecule has 0 N–H and O–H groups in total. The number of benzene rings is 1. The van der Waals surface area contributed by atoms with Crippen molar-refractivity contribution in [1.29, 1.82) is 0 Å². The number of hydrogen-bond acceptors (Lipinski definition) is 3. The molecule has 3 aliphatic rings. The summed E-state index contributed by atoms with van der Waals surface area (Å²) in [6.45, 7) is 6.70. The standard InChI is InChI=1S/C21H30N2O2/c1-16-5-3-4-6-19(16)20(24)23-14-21(15-23)11-18(9-10-22(21)2)13-25-12-17-7-8-17/h3-6,17-18H,7-15H2,1-2H3. The summed E-state index contributed by atoms with van der Waals surface area (Å²) in [6, 6.07) is 7.91. The molecule has 1 aromatic rings. The van der Waals surface area contributed by atoms with Crippen molar-refractivity contribution in [2.24, 2.45) is 11.8 Å². The summed E-state index contributed by atoms with van der Waals surface area (Å²) in [5.41, 5.74) is 2.08. The van der Waals surface area contributed by atoms with E-state index in [1.807, 2.05) is 36.1 Å². The van der Waals surface area contributed by atoms with E-state index in [0.717, 1.165) is 56.3 Å². The average Bonchev–Trinajstić information content (AvgIpc) is 3.38. The molecule has 4 heteroatoms. The van der Waals surface area contributed by atoms with E-state index < -0.39 is 0 Å². The highest BCUT2D eigenvalue weighted by molar-refractivity contribution is 5.96. The second-order valence-electron chi connectivity index (χ2n) is 8.46. The Labute approximate surface area is 151 Å². The van der Waals surface area contributed by atoms with Gasteiger partial charge in [0.25, 0.3) is 5.91 Å². The van der Waals surface area contributed by atoms with Gasteiger partial charge in [0.2, 0.25) is 0 Å². The van der Waals surface area contributed by atoms with Crippen LogP contribution in [0.4, 0.5) is 0 Å². The molecule has 0 radical (unpaired) electrons. The fourth-order valence-electron chi connectivity index (χ4n) is 4.40. The summed E-state index contributed by atoms with van der Waals surface area (Å²) in [4.78, 5) is 17.3. The number of hydrogen-bond donors (Lipinski definition) is 0. The lowest BCUT2D eigenvalue weighted by Gasteiger charge is -2.58. The molecule has 2 saturated heterocycles. The van der Waals surface area contributed by atoms with Gasteiger partial charge in [-0.2, -0.15) is 0 Å². The van der Waals surface area contributed by atoms with Crippen LogP contribution in [0.1, 0.15) is 41.6 Å². The summed E-state index contributed by atoms with van der Waals surface area (Å²) in [5, 5.41) is 0. The van der Waals surface area contributed by atoms with E-state index >= 15 is 0 Å². The van der Waals surface area contributed by atoms with Gasteiger partial charge in [0.15, 0.2) is 0 Å². The quantitative estimate of drug-likeness (QED) is 0.825. The number of ether oxygens (including phenoxy) is 1. The SMILES string of the molecule is Cc1ccccc1C(=O)N1CC2(CC(COCC3CC3)CCN2C)C1. The third kappa shape index (κ3) is 3.47. The summed E-state index contributed by atoms with van der Waals surface area (Å²) in [7, 11) is 2.22. The molecule has 1 amide bonds. The summed E-state index contributed by atoms with van der Waals surface area (Å²) in [6.07, 6.45) is 5.08. The van der Waals surface area contributed by atoms with Crippen molar-refractivity contribution in [2.75, 3.05) is 39.9 Å².